The summed E-state index contributed by atoms with van der Waals surface area (Å²) in [6, 6.07) is 0.291. The third-order valence-corrected chi connectivity index (χ3v) is 4.37. The van der Waals surface area contributed by atoms with Crippen LogP contribution in [0.5, 0.6) is 0 Å². The largest absolute Gasteiger partial charge is 0.324 e. The van der Waals surface area contributed by atoms with Gasteiger partial charge in [0.2, 0.25) is 0 Å². The van der Waals surface area contributed by atoms with Gasteiger partial charge in [0.05, 0.1) is 0 Å². The molecule has 2 aliphatic heterocycles. The van der Waals surface area contributed by atoms with E-state index < -0.39 is 0 Å². The minimum absolute atomic E-state index is 0.291. The van der Waals surface area contributed by atoms with Gasteiger partial charge in [-0.25, -0.2) is 4.79 Å². The van der Waals surface area contributed by atoms with Crippen molar-refractivity contribution >= 4 is 6.03 Å². The molecule has 3 nitrogen and oxygen atoms in total. The molecule has 0 aromatic rings. The van der Waals surface area contributed by atoms with Crippen LogP contribution in [-0.2, 0) is 0 Å². The lowest BCUT2D eigenvalue weighted by Gasteiger charge is -2.34. The van der Waals surface area contributed by atoms with E-state index in [2.05, 4.69) is 30.6 Å². The first-order valence-corrected chi connectivity index (χ1v) is 7.11. The van der Waals surface area contributed by atoms with E-state index in [1.54, 1.807) is 0 Å². The van der Waals surface area contributed by atoms with Gasteiger partial charge in [0.25, 0.3) is 0 Å². The van der Waals surface area contributed by atoms with Crippen LogP contribution in [0.25, 0.3) is 0 Å². The van der Waals surface area contributed by atoms with E-state index >= 15 is 0 Å². The lowest BCUT2D eigenvalue weighted by Crippen LogP contribution is -2.46. The minimum Gasteiger partial charge on any atom is -0.324 e. The Balaban J connectivity index is 1.88. The molecule has 2 heterocycles. The summed E-state index contributed by atoms with van der Waals surface area (Å²) in [5, 5.41) is 0. The number of likely N-dealkylation sites (tertiary alicyclic amines) is 2. The molecule has 2 rings (SSSR count). The molecule has 0 aromatic heterocycles. The number of carbonyl (C=O) groups is 1. The van der Waals surface area contributed by atoms with Crippen LogP contribution < -0.4 is 0 Å². The van der Waals surface area contributed by atoms with Crippen molar-refractivity contribution in [3.8, 4) is 0 Å². The molecule has 2 fully saturated rings. The van der Waals surface area contributed by atoms with E-state index in [0.29, 0.717) is 23.8 Å². The molecule has 3 heteroatoms. The van der Waals surface area contributed by atoms with Crippen molar-refractivity contribution in [2.24, 2.45) is 17.8 Å². The maximum atomic E-state index is 12.4. The molecule has 0 radical (unpaired) electrons. The summed E-state index contributed by atoms with van der Waals surface area (Å²) in [4.78, 5) is 16.5. The second-order valence-corrected chi connectivity index (χ2v) is 6.21. The van der Waals surface area contributed by atoms with Crippen LogP contribution in [-0.4, -0.2) is 42.0 Å². The highest BCUT2D eigenvalue weighted by atomic mass is 16.2. The van der Waals surface area contributed by atoms with E-state index in [9.17, 15) is 4.79 Å². The minimum atomic E-state index is 0.291. The molecule has 2 saturated heterocycles. The Morgan fingerprint density at radius 2 is 1.82 bits per heavy atom. The van der Waals surface area contributed by atoms with Crippen molar-refractivity contribution in [2.45, 2.75) is 40.0 Å². The summed E-state index contributed by atoms with van der Waals surface area (Å²) < 4.78 is 0. The Hall–Kier alpha value is -0.730. The number of nitrogens with zero attached hydrogens (tertiary/aromatic N) is 2. The smallest absolute Gasteiger partial charge is 0.320 e. The van der Waals surface area contributed by atoms with Gasteiger partial charge in [0.1, 0.15) is 0 Å². The van der Waals surface area contributed by atoms with E-state index in [1.807, 2.05) is 0 Å². The molecular formula is C14H26N2O. The van der Waals surface area contributed by atoms with Crippen LogP contribution in [0.1, 0.15) is 40.0 Å². The van der Waals surface area contributed by atoms with Crippen LogP contribution in [0.15, 0.2) is 0 Å². The predicted molar refractivity (Wildman–Crippen MR) is 69.9 cm³/mol. The Morgan fingerprint density at radius 1 is 1.12 bits per heavy atom. The Kier molecular flexibility index (Phi) is 3.95. The summed E-state index contributed by atoms with van der Waals surface area (Å²) in [6.45, 7) is 10.6. The van der Waals surface area contributed by atoms with Gasteiger partial charge < -0.3 is 9.80 Å². The fourth-order valence-electron chi connectivity index (χ4n) is 3.07. The Labute approximate surface area is 105 Å². The van der Waals surface area contributed by atoms with Gasteiger partial charge >= 0.3 is 6.03 Å². The van der Waals surface area contributed by atoms with Gasteiger partial charge in [-0.3, -0.25) is 0 Å². The highest BCUT2D eigenvalue weighted by Crippen LogP contribution is 2.25. The zero-order chi connectivity index (χ0) is 12.4. The monoisotopic (exact) mass is 238 g/mol. The van der Waals surface area contributed by atoms with Crippen molar-refractivity contribution in [1.29, 1.82) is 0 Å². The van der Waals surface area contributed by atoms with Crippen LogP contribution in [0.2, 0.25) is 0 Å². The molecule has 0 spiro atoms. The van der Waals surface area contributed by atoms with Gasteiger partial charge in [-0.1, -0.05) is 20.8 Å². The van der Waals surface area contributed by atoms with Crippen LogP contribution >= 0.6 is 0 Å². The van der Waals surface area contributed by atoms with E-state index in [1.165, 1.54) is 19.3 Å². The first-order chi connectivity index (χ1) is 8.08. The molecule has 2 amide bonds. The molecule has 98 valence electrons. The topological polar surface area (TPSA) is 23.6 Å². The summed E-state index contributed by atoms with van der Waals surface area (Å²) in [5.74, 6) is 2.09. The number of hydrogen-bond acceptors (Lipinski definition) is 1. The molecule has 0 bridgehead atoms. The van der Waals surface area contributed by atoms with Crippen molar-refractivity contribution < 1.29 is 4.79 Å². The lowest BCUT2D eigenvalue weighted by molar-refractivity contribution is 0.137. The van der Waals surface area contributed by atoms with E-state index in [0.717, 1.165) is 26.2 Å². The highest BCUT2D eigenvalue weighted by Gasteiger charge is 2.31. The molecule has 0 N–H and O–H groups in total. The Morgan fingerprint density at radius 3 is 2.41 bits per heavy atom. The molecule has 2 atom stereocenters. The number of carbonyl (C=O) groups excluding carboxylic acids is 1. The van der Waals surface area contributed by atoms with Crippen LogP contribution in [0.3, 0.4) is 0 Å². The van der Waals surface area contributed by atoms with Gasteiger partial charge in [-0.2, -0.15) is 0 Å². The third-order valence-electron chi connectivity index (χ3n) is 4.37. The second-order valence-electron chi connectivity index (χ2n) is 6.21. The number of hydrogen-bond donors (Lipinski definition) is 0. The molecule has 0 saturated carbocycles. The van der Waals surface area contributed by atoms with Crippen molar-refractivity contribution in [1.82, 2.24) is 9.80 Å². The number of rotatable bonds is 1. The van der Waals surface area contributed by atoms with Gasteiger partial charge in [0.15, 0.2) is 0 Å². The standard InChI is InChI=1S/C14H26N2O/c1-11(2)13-6-8-16(10-13)14(17)15-7-4-5-12(3)9-15/h11-13H,4-10H2,1-3H3. The molecule has 0 aliphatic carbocycles. The molecule has 0 aromatic carbocycles. The SMILES string of the molecule is CC1CCCN(C(=O)N2CCC(C(C)C)C2)C1. The van der Waals surface area contributed by atoms with Crippen LogP contribution in [0, 0.1) is 17.8 Å². The zero-order valence-electron chi connectivity index (χ0n) is 11.5. The van der Waals surface area contributed by atoms with Gasteiger partial charge in [-0.15, -0.1) is 0 Å². The fourth-order valence-corrected chi connectivity index (χ4v) is 3.07. The van der Waals surface area contributed by atoms with Crippen molar-refractivity contribution in [3.05, 3.63) is 0 Å². The maximum Gasteiger partial charge on any atom is 0.320 e. The molecule has 2 aliphatic rings. The molecule has 17 heavy (non-hydrogen) atoms. The lowest BCUT2D eigenvalue weighted by atomic mass is 9.95. The van der Waals surface area contributed by atoms with E-state index in [4.69, 9.17) is 0 Å². The quantitative estimate of drug-likeness (QED) is 0.689. The Bertz CT molecular complexity index is 277. The molecule has 2 unspecified atom stereocenters. The highest BCUT2D eigenvalue weighted by molar-refractivity contribution is 5.74. The zero-order valence-corrected chi connectivity index (χ0v) is 11.5. The van der Waals surface area contributed by atoms with E-state index in [-0.39, 0.29) is 0 Å². The summed E-state index contributed by atoms with van der Waals surface area (Å²) >= 11 is 0. The van der Waals surface area contributed by atoms with Gasteiger partial charge in [0, 0.05) is 26.2 Å². The first kappa shape index (κ1) is 12.7. The number of urea groups is 1. The normalized spacial score (nSPS) is 30.1. The number of piperidine rings is 1. The van der Waals surface area contributed by atoms with Crippen molar-refractivity contribution in [3.63, 3.8) is 0 Å². The fraction of sp³-hybridized carbons (Fsp3) is 0.929. The average Bonchev–Trinajstić information content (AvgIpc) is 2.77. The summed E-state index contributed by atoms with van der Waals surface area (Å²) in [5.41, 5.74) is 0. The first-order valence-electron chi connectivity index (χ1n) is 7.11. The summed E-state index contributed by atoms with van der Waals surface area (Å²) in [7, 11) is 0. The maximum absolute atomic E-state index is 12.4. The third kappa shape index (κ3) is 2.93. The van der Waals surface area contributed by atoms with Crippen molar-refractivity contribution in [2.75, 3.05) is 26.2 Å². The number of amides is 2. The average molecular weight is 238 g/mol. The van der Waals surface area contributed by atoms with Gasteiger partial charge in [-0.05, 0) is 37.0 Å². The summed E-state index contributed by atoms with van der Waals surface area (Å²) in [6.07, 6.45) is 3.64. The second kappa shape index (κ2) is 5.28. The predicted octanol–water partition coefficient (Wildman–Crippen LogP) is 2.82. The molecular weight excluding hydrogens is 212 g/mol. The van der Waals surface area contributed by atoms with Crippen LogP contribution in [0.4, 0.5) is 4.79 Å².